The fraction of sp³-hybridized carbons (Fsp3) is 0.588. The number of nitrogens with zero attached hydrogens (tertiary/aromatic N) is 2. The minimum absolute atomic E-state index is 0.125. The first kappa shape index (κ1) is 18.7. The van der Waals surface area contributed by atoms with E-state index in [-0.39, 0.29) is 12.6 Å². The van der Waals surface area contributed by atoms with Crippen LogP contribution in [0.5, 0.6) is 5.75 Å². The quantitative estimate of drug-likeness (QED) is 0.902. The highest BCUT2D eigenvalue weighted by molar-refractivity contribution is 6.32. The maximum absolute atomic E-state index is 12.3. The van der Waals surface area contributed by atoms with Crippen molar-refractivity contribution in [3.63, 3.8) is 0 Å². The largest absolute Gasteiger partial charge is 0.495 e. The molecule has 1 atom stereocenters. The van der Waals surface area contributed by atoms with E-state index in [1.54, 1.807) is 18.1 Å². The van der Waals surface area contributed by atoms with Crippen molar-refractivity contribution >= 4 is 23.4 Å². The molecule has 0 unspecified atom stereocenters. The number of hydrogen-bond acceptors (Lipinski definition) is 5. The van der Waals surface area contributed by atoms with Gasteiger partial charge in [0.15, 0.2) is 0 Å². The standard InChI is InChI=1S/C17H25ClN2O4/c1-17(2,3)24-16(22)20-8-7-19(10-13(20)11-21)12-5-6-14(18)15(9-12)23-4/h5-6,9,13,21H,7-8,10-11H2,1-4H3/t13-/m0/s1. The summed E-state index contributed by atoms with van der Waals surface area (Å²) < 4.78 is 10.7. The van der Waals surface area contributed by atoms with Gasteiger partial charge >= 0.3 is 6.09 Å². The molecule has 6 nitrogen and oxygen atoms in total. The molecule has 0 aliphatic carbocycles. The zero-order valence-electron chi connectivity index (χ0n) is 14.6. The Kier molecular flexibility index (Phi) is 5.83. The van der Waals surface area contributed by atoms with Crippen molar-refractivity contribution in [3.8, 4) is 5.75 Å². The van der Waals surface area contributed by atoms with Gasteiger partial charge in [-0.15, -0.1) is 0 Å². The van der Waals surface area contributed by atoms with Gasteiger partial charge in [0.05, 0.1) is 24.8 Å². The summed E-state index contributed by atoms with van der Waals surface area (Å²) in [6.45, 7) is 6.99. The zero-order valence-corrected chi connectivity index (χ0v) is 15.3. The van der Waals surface area contributed by atoms with E-state index in [1.807, 2.05) is 32.9 Å². The van der Waals surface area contributed by atoms with Gasteiger partial charge in [-0.25, -0.2) is 4.79 Å². The third-order valence-electron chi connectivity index (χ3n) is 3.82. The summed E-state index contributed by atoms with van der Waals surface area (Å²) in [4.78, 5) is 16.0. The Morgan fingerprint density at radius 1 is 1.38 bits per heavy atom. The highest BCUT2D eigenvalue weighted by Crippen LogP contribution is 2.30. The molecule has 1 amide bonds. The Bertz CT molecular complexity index is 588. The maximum Gasteiger partial charge on any atom is 0.410 e. The summed E-state index contributed by atoms with van der Waals surface area (Å²) in [6.07, 6.45) is -0.394. The summed E-state index contributed by atoms with van der Waals surface area (Å²) in [5.74, 6) is 0.601. The van der Waals surface area contributed by atoms with Crippen LogP contribution in [0.4, 0.5) is 10.5 Å². The lowest BCUT2D eigenvalue weighted by Gasteiger charge is -2.42. The van der Waals surface area contributed by atoms with Crippen LogP contribution < -0.4 is 9.64 Å². The molecule has 1 heterocycles. The van der Waals surface area contributed by atoms with E-state index in [2.05, 4.69) is 4.90 Å². The predicted molar refractivity (Wildman–Crippen MR) is 94.0 cm³/mol. The van der Waals surface area contributed by atoms with Gasteiger partial charge in [-0.2, -0.15) is 0 Å². The summed E-state index contributed by atoms with van der Waals surface area (Å²) >= 11 is 6.06. The van der Waals surface area contributed by atoms with Crippen molar-refractivity contribution in [3.05, 3.63) is 23.2 Å². The molecule has 1 aromatic carbocycles. The second-order valence-corrected chi connectivity index (χ2v) is 7.18. The molecule has 1 fully saturated rings. The van der Waals surface area contributed by atoms with E-state index in [4.69, 9.17) is 21.1 Å². The number of piperazine rings is 1. The van der Waals surface area contributed by atoms with Gasteiger partial charge in [0.25, 0.3) is 0 Å². The number of halogens is 1. The number of hydrogen-bond donors (Lipinski definition) is 1. The second-order valence-electron chi connectivity index (χ2n) is 6.77. The number of methoxy groups -OCH3 is 1. The molecule has 2 rings (SSSR count). The Morgan fingerprint density at radius 3 is 2.67 bits per heavy atom. The Labute approximate surface area is 147 Å². The molecule has 1 aliphatic rings. The highest BCUT2D eigenvalue weighted by atomic mass is 35.5. The Morgan fingerprint density at radius 2 is 2.08 bits per heavy atom. The van der Waals surface area contributed by atoms with E-state index in [9.17, 15) is 9.90 Å². The van der Waals surface area contributed by atoms with Crippen molar-refractivity contribution in [2.45, 2.75) is 32.4 Å². The topological polar surface area (TPSA) is 62.2 Å². The Hall–Kier alpha value is -1.66. The number of carbonyl (C=O) groups is 1. The molecule has 1 aromatic rings. The van der Waals surface area contributed by atoms with Crippen molar-refractivity contribution < 1.29 is 19.4 Å². The number of aliphatic hydroxyl groups is 1. The van der Waals surface area contributed by atoms with Crippen LogP contribution in [0.1, 0.15) is 20.8 Å². The van der Waals surface area contributed by atoms with Gasteiger partial charge in [0.1, 0.15) is 11.4 Å². The number of benzene rings is 1. The van der Waals surface area contributed by atoms with Crippen molar-refractivity contribution in [1.82, 2.24) is 4.90 Å². The molecule has 0 aromatic heterocycles. The Balaban J connectivity index is 2.11. The zero-order chi connectivity index (χ0) is 17.9. The first-order chi connectivity index (χ1) is 11.2. The van der Waals surface area contributed by atoms with Crippen LogP contribution in [0.25, 0.3) is 0 Å². The molecule has 0 spiro atoms. The average Bonchev–Trinajstić information content (AvgIpc) is 2.53. The molecule has 0 bridgehead atoms. The molecule has 1 N–H and O–H groups in total. The van der Waals surface area contributed by atoms with Gasteiger partial charge in [-0.1, -0.05) is 11.6 Å². The summed E-state index contributed by atoms with van der Waals surface area (Å²) in [6, 6.07) is 5.22. The van der Waals surface area contributed by atoms with Crippen LogP contribution >= 0.6 is 11.6 Å². The van der Waals surface area contributed by atoms with Crippen LogP contribution in [0.3, 0.4) is 0 Å². The van der Waals surface area contributed by atoms with E-state index < -0.39 is 11.7 Å². The number of amides is 1. The lowest BCUT2D eigenvalue weighted by Crippen LogP contribution is -2.57. The number of rotatable bonds is 3. The van der Waals surface area contributed by atoms with Crippen molar-refractivity contribution in [1.29, 1.82) is 0 Å². The first-order valence-corrected chi connectivity index (χ1v) is 8.32. The van der Waals surface area contributed by atoms with E-state index in [1.165, 1.54) is 0 Å². The number of aliphatic hydroxyl groups excluding tert-OH is 1. The molecule has 0 radical (unpaired) electrons. The van der Waals surface area contributed by atoms with Crippen LogP contribution in [0, 0.1) is 0 Å². The fourth-order valence-corrected chi connectivity index (χ4v) is 2.85. The van der Waals surface area contributed by atoms with Crippen LogP contribution in [0.2, 0.25) is 5.02 Å². The second kappa shape index (κ2) is 7.49. The van der Waals surface area contributed by atoms with Crippen LogP contribution in [-0.4, -0.2) is 61.1 Å². The number of ether oxygens (including phenoxy) is 2. The smallest absolute Gasteiger partial charge is 0.410 e. The molecule has 7 heteroatoms. The average molecular weight is 357 g/mol. The molecular weight excluding hydrogens is 332 g/mol. The van der Waals surface area contributed by atoms with Gasteiger partial charge in [-0.05, 0) is 32.9 Å². The summed E-state index contributed by atoms with van der Waals surface area (Å²) in [5, 5.41) is 10.2. The van der Waals surface area contributed by atoms with Crippen molar-refractivity contribution in [2.24, 2.45) is 0 Å². The first-order valence-electron chi connectivity index (χ1n) is 7.94. The van der Waals surface area contributed by atoms with Gasteiger partial charge in [0, 0.05) is 31.4 Å². The van der Waals surface area contributed by atoms with Crippen molar-refractivity contribution in [2.75, 3.05) is 38.3 Å². The molecule has 1 aliphatic heterocycles. The third kappa shape index (κ3) is 4.45. The van der Waals surface area contributed by atoms with Crippen LogP contribution in [-0.2, 0) is 4.74 Å². The van der Waals surface area contributed by atoms with Gasteiger partial charge in [0.2, 0.25) is 0 Å². The normalized spacial score (nSPS) is 18.5. The SMILES string of the molecule is COc1cc(N2CCN(C(=O)OC(C)(C)C)[C@H](CO)C2)ccc1Cl. The lowest BCUT2D eigenvalue weighted by atomic mass is 10.1. The van der Waals surface area contributed by atoms with E-state index in [0.717, 1.165) is 5.69 Å². The third-order valence-corrected chi connectivity index (χ3v) is 4.13. The molecule has 0 saturated carbocycles. The summed E-state index contributed by atoms with van der Waals surface area (Å²) in [7, 11) is 1.57. The predicted octanol–water partition coefficient (Wildman–Crippen LogP) is 2.77. The van der Waals surface area contributed by atoms with Gasteiger partial charge < -0.3 is 19.5 Å². The number of carbonyl (C=O) groups excluding carboxylic acids is 1. The maximum atomic E-state index is 12.3. The van der Waals surface area contributed by atoms with E-state index in [0.29, 0.717) is 30.4 Å². The van der Waals surface area contributed by atoms with E-state index >= 15 is 0 Å². The molecule has 1 saturated heterocycles. The minimum Gasteiger partial charge on any atom is -0.495 e. The minimum atomic E-state index is -0.558. The lowest BCUT2D eigenvalue weighted by molar-refractivity contribution is 0.00704. The molecular formula is C17H25ClN2O4. The van der Waals surface area contributed by atoms with Crippen LogP contribution in [0.15, 0.2) is 18.2 Å². The monoisotopic (exact) mass is 356 g/mol. The number of anilines is 1. The van der Waals surface area contributed by atoms with Gasteiger partial charge in [-0.3, -0.25) is 4.90 Å². The molecule has 24 heavy (non-hydrogen) atoms. The highest BCUT2D eigenvalue weighted by Gasteiger charge is 2.33. The molecule has 134 valence electrons. The fourth-order valence-electron chi connectivity index (χ4n) is 2.65. The summed E-state index contributed by atoms with van der Waals surface area (Å²) in [5.41, 5.74) is 0.385.